The second-order valence-corrected chi connectivity index (χ2v) is 5.87. The summed E-state index contributed by atoms with van der Waals surface area (Å²) in [5.41, 5.74) is 8.11. The van der Waals surface area contributed by atoms with E-state index >= 15 is 0 Å². The highest BCUT2D eigenvalue weighted by Gasteiger charge is 2.10. The molecular formula is C19H20N4O. The third-order valence-electron chi connectivity index (χ3n) is 3.82. The van der Waals surface area contributed by atoms with Crippen LogP contribution >= 0.6 is 0 Å². The number of aromatic nitrogens is 2. The minimum atomic E-state index is -0.118. The molecule has 122 valence electrons. The standard InChI is InChI=1S/C19H20N4O/c1-13-7-9-16(10-8-13)21-20-12-18-15(3)22-23(19(18)24)17-6-4-5-14(2)11-17/h4-12,21-22H,1-3H3. The van der Waals surface area contributed by atoms with Crippen LogP contribution in [0.1, 0.15) is 22.4 Å². The number of nitrogens with zero attached hydrogens (tertiary/aromatic N) is 2. The molecule has 2 aromatic carbocycles. The summed E-state index contributed by atoms with van der Waals surface area (Å²) in [5, 5.41) is 7.28. The molecule has 24 heavy (non-hydrogen) atoms. The van der Waals surface area contributed by atoms with Gasteiger partial charge in [-0.25, -0.2) is 4.68 Å². The van der Waals surface area contributed by atoms with Crippen LogP contribution in [0.2, 0.25) is 0 Å². The molecule has 0 radical (unpaired) electrons. The van der Waals surface area contributed by atoms with Crippen LogP contribution in [0.15, 0.2) is 58.4 Å². The van der Waals surface area contributed by atoms with Crippen LogP contribution in [0.3, 0.4) is 0 Å². The maximum atomic E-state index is 12.6. The average molecular weight is 320 g/mol. The Hall–Kier alpha value is -3.08. The lowest BCUT2D eigenvalue weighted by Gasteiger charge is -2.02. The summed E-state index contributed by atoms with van der Waals surface area (Å²) in [5.74, 6) is 0. The molecule has 0 saturated carbocycles. The molecule has 0 spiro atoms. The Kier molecular flexibility index (Phi) is 4.33. The van der Waals surface area contributed by atoms with Crippen LogP contribution in [-0.2, 0) is 0 Å². The molecule has 0 amide bonds. The second kappa shape index (κ2) is 6.58. The van der Waals surface area contributed by atoms with Crippen molar-refractivity contribution in [3.63, 3.8) is 0 Å². The monoisotopic (exact) mass is 320 g/mol. The highest BCUT2D eigenvalue weighted by Crippen LogP contribution is 2.10. The van der Waals surface area contributed by atoms with Crippen molar-refractivity contribution in [1.29, 1.82) is 0 Å². The van der Waals surface area contributed by atoms with Gasteiger partial charge in [-0.2, -0.15) is 5.10 Å². The van der Waals surface area contributed by atoms with Gasteiger partial charge in [0.15, 0.2) is 0 Å². The van der Waals surface area contributed by atoms with Crippen LogP contribution in [0, 0.1) is 20.8 Å². The quantitative estimate of drug-likeness (QED) is 0.570. The van der Waals surface area contributed by atoms with Crippen LogP contribution in [-0.4, -0.2) is 16.0 Å². The number of benzene rings is 2. The first-order valence-corrected chi connectivity index (χ1v) is 7.79. The minimum absolute atomic E-state index is 0.118. The SMILES string of the molecule is Cc1ccc(NN=Cc2c(C)[nH]n(-c3cccc(C)c3)c2=O)cc1. The zero-order valence-corrected chi connectivity index (χ0v) is 14.0. The molecule has 0 aliphatic rings. The molecule has 5 heteroatoms. The van der Waals surface area contributed by atoms with E-state index in [2.05, 4.69) is 15.6 Å². The smallest absolute Gasteiger partial charge is 0.280 e. The van der Waals surface area contributed by atoms with E-state index in [1.54, 1.807) is 6.21 Å². The van der Waals surface area contributed by atoms with Crippen molar-refractivity contribution in [2.24, 2.45) is 5.10 Å². The Morgan fingerprint density at radius 2 is 1.79 bits per heavy atom. The van der Waals surface area contributed by atoms with Gasteiger partial charge in [0.05, 0.1) is 23.2 Å². The lowest BCUT2D eigenvalue weighted by Crippen LogP contribution is -2.17. The van der Waals surface area contributed by atoms with Gasteiger partial charge in [-0.1, -0.05) is 29.8 Å². The van der Waals surface area contributed by atoms with E-state index in [0.717, 1.165) is 22.6 Å². The minimum Gasteiger partial charge on any atom is -0.295 e. The van der Waals surface area contributed by atoms with Gasteiger partial charge in [-0.3, -0.25) is 15.3 Å². The first-order chi connectivity index (χ1) is 11.5. The van der Waals surface area contributed by atoms with Gasteiger partial charge in [0.25, 0.3) is 5.56 Å². The summed E-state index contributed by atoms with van der Waals surface area (Å²) in [7, 11) is 0. The van der Waals surface area contributed by atoms with Gasteiger partial charge in [0.1, 0.15) is 0 Å². The number of hydrogen-bond donors (Lipinski definition) is 2. The second-order valence-electron chi connectivity index (χ2n) is 5.87. The predicted octanol–water partition coefficient (Wildman–Crippen LogP) is 3.54. The zero-order chi connectivity index (χ0) is 17.1. The number of aromatic amines is 1. The number of H-pyrrole nitrogens is 1. The number of nitrogens with one attached hydrogen (secondary N) is 2. The summed E-state index contributed by atoms with van der Waals surface area (Å²) in [6.45, 7) is 5.89. The Morgan fingerprint density at radius 1 is 1.04 bits per heavy atom. The molecule has 3 aromatic rings. The lowest BCUT2D eigenvalue weighted by atomic mass is 10.2. The molecule has 1 aromatic heterocycles. The zero-order valence-electron chi connectivity index (χ0n) is 14.0. The maximum absolute atomic E-state index is 12.6. The van der Waals surface area contributed by atoms with E-state index in [0.29, 0.717) is 5.56 Å². The molecule has 0 aliphatic carbocycles. The summed E-state index contributed by atoms with van der Waals surface area (Å²) in [6, 6.07) is 15.7. The topological polar surface area (TPSA) is 62.2 Å². The van der Waals surface area contributed by atoms with E-state index < -0.39 is 0 Å². The van der Waals surface area contributed by atoms with Gasteiger partial charge in [0, 0.05) is 5.69 Å². The molecule has 3 rings (SSSR count). The fourth-order valence-electron chi connectivity index (χ4n) is 2.46. The van der Waals surface area contributed by atoms with Crippen LogP contribution < -0.4 is 11.0 Å². The highest BCUT2D eigenvalue weighted by molar-refractivity contribution is 5.81. The fraction of sp³-hybridized carbons (Fsp3) is 0.158. The van der Waals surface area contributed by atoms with Crippen LogP contribution in [0.5, 0.6) is 0 Å². The van der Waals surface area contributed by atoms with Crippen molar-refractivity contribution >= 4 is 11.9 Å². The molecular weight excluding hydrogens is 300 g/mol. The maximum Gasteiger partial charge on any atom is 0.280 e. The molecule has 0 bridgehead atoms. The molecule has 1 heterocycles. The molecule has 0 saturated heterocycles. The first-order valence-electron chi connectivity index (χ1n) is 7.79. The lowest BCUT2D eigenvalue weighted by molar-refractivity contribution is 0.834. The number of hydrogen-bond acceptors (Lipinski definition) is 3. The molecule has 0 aliphatic heterocycles. The van der Waals surface area contributed by atoms with Crippen LogP contribution in [0.25, 0.3) is 5.69 Å². The third-order valence-corrected chi connectivity index (χ3v) is 3.82. The summed E-state index contributed by atoms with van der Waals surface area (Å²) in [6.07, 6.45) is 1.56. The van der Waals surface area contributed by atoms with Crippen molar-refractivity contribution in [2.45, 2.75) is 20.8 Å². The summed E-state index contributed by atoms with van der Waals surface area (Å²) >= 11 is 0. The Morgan fingerprint density at radius 3 is 2.50 bits per heavy atom. The number of aryl methyl sites for hydroxylation is 3. The van der Waals surface area contributed by atoms with Gasteiger partial charge < -0.3 is 0 Å². The third kappa shape index (κ3) is 3.30. The van der Waals surface area contributed by atoms with E-state index in [1.807, 2.05) is 69.3 Å². The normalized spacial score (nSPS) is 11.1. The molecule has 0 fully saturated rings. The van der Waals surface area contributed by atoms with E-state index in [4.69, 9.17) is 0 Å². The van der Waals surface area contributed by atoms with Crippen molar-refractivity contribution in [3.8, 4) is 5.69 Å². The number of anilines is 1. The largest absolute Gasteiger partial charge is 0.295 e. The molecule has 0 atom stereocenters. The molecule has 0 unspecified atom stereocenters. The predicted molar refractivity (Wildman–Crippen MR) is 98.3 cm³/mol. The number of rotatable bonds is 4. The van der Waals surface area contributed by atoms with E-state index in [-0.39, 0.29) is 5.56 Å². The Bertz CT molecular complexity index is 933. The van der Waals surface area contributed by atoms with Crippen molar-refractivity contribution in [2.75, 3.05) is 5.43 Å². The van der Waals surface area contributed by atoms with Crippen molar-refractivity contribution in [1.82, 2.24) is 9.78 Å². The molecule has 2 N–H and O–H groups in total. The van der Waals surface area contributed by atoms with Gasteiger partial charge in [0.2, 0.25) is 0 Å². The van der Waals surface area contributed by atoms with E-state index in [9.17, 15) is 4.79 Å². The number of hydrazone groups is 1. The van der Waals surface area contributed by atoms with Gasteiger partial charge in [-0.15, -0.1) is 0 Å². The van der Waals surface area contributed by atoms with Gasteiger partial charge in [-0.05, 0) is 50.6 Å². The molecule has 5 nitrogen and oxygen atoms in total. The van der Waals surface area contributed by atoms with Crippen molar-refractivity contribution in [3.05, 3.63) is 81.3 Å². The van der Waals surface area contributed by atoms with Gasteiger partial charge >= 0.3 is 0 Å². The Balaban J connectivity index is 1.85. The van der Waals surface area contributed by atoms with Crippen molar-refractivity contribution < 1.29 is 0 Å². The Labute approximate surface area is 140 Å². The highest BCUT2D eigenvalue weighted by atomic mass is 16.1. The van der Waals surface area contributed by atoms with E-state index in [1.165, 1.54) is 10.2 Å². The van der Waals surface area contributed by atoms with Crippen LogP contribution in [0.4, 0.5) is 5.69 Å². The fourth-order valence-corrected chi connectivity index (χ4v) is 2.46. The average Bonchev–Trinajstić information content (AvgIpc) is 2.85. The summed E-state index contributed by atoms with van der Waals surface area (Å²) in [4.78, 5) is 12.6. The first kappa shape index (κ1) is 15.8. The summed E-state index contributed by atoms with van der Waals surface area (Å²) < 4.78 is 1.54.